The molecule has 0 aliphatic heterocycles. The zero-order valence-corrected chi connectivity index (χ0v) is 10.6. The van der Waals surface area contributed by atoms with Crippen molar-refractivity contribution >= 4 is 11.1 Å². The van der Waals surface area contributed by atoms with Crippen LogP contribution in [0.1, 0.15) is 26.5 Å². The first-order chi connectivity index (χ1) is 7.75. The zero-order valence-electron chi connectivity index (χ0n) is 10.6. The summed E-state index contributed by atoms with van der Waals surface area (Å²) in [6.45, 7) is 5.82. The Morgan fingerprint density at radius 3 is 2.24 bits per heavy atom. The minimum absolute atomic E-state index is 0.225. The molecule has 2 aromatic rings. The Morgan fingerprint density at radius 1 is 1.12 bits per heavy atom. The summed E-state index contributed by atoms with van der Waals surface area (Å²) in [6.07, 6.45) is 0. The molecule has 0 spiro atoms. The third-order valence-electron chi connectivity index (χ3n) is 2.78. The summed E-state index contributed by atoms with van der Waals surface area (Å²) in [5.74, 6) is 0. The van der Waals surface area contributed by atoms with Crippen molar-refractivity contribution in [2.45, 2.75) is 26.2 Å². The van der Waals surface area contributed by atoms with Gasteiger partial charge in [0, 0.05) is 19.5 Å². The Morgan fingerprint density at radius 2 is 1.71 bits per heavy atom. The molecule has 0 bridgehead atoms. The fourth-order valence-electron chi connectivity index (χ4n) is 1.78. The van der Waals surface area contributed by atoms with E-state index in [-0.39, 0.29) is 16.7 Å². The van der Waals surface area contributed by atoms with Crippen LogP contribution in [0, 0.1) is 0 Å². The Hall–Kier alpha value is -1.85. The molecule has 0 saturated carbocycles. The van der Waals surface area contributed by atoms with Crippen LogP contribution in [0.25, 0.3) is 11.1 Å². The third kappa shape index (κ3) is 1.51. The number of aromatic nitrogens is 3. The summed E-state index contributed by atoms with van der Waals surface area (Å²) >= 11 is 0. The first-order valence-corrected chi connectivity index (χ1v) is 5.31. The normalized spacial score (nSPS) is 12.3. The molecule has 0 fully saturated rings. The van der Waals surface area contributed by atoms with Crippen molar-refractivity contribution in [2.75, 3.05) is 0 Å². The third-order valence-corrected chi connectivity index (χ3v) is 2.78. The van der Waals surface area contributed by atoms with Gasteiger partial charge in [-0.05, 0) is 0 Å². The number of aryl methyl sites for hydroxylation is 1. The van der Waals surface area contributed by atoms with Crippen molar-refractivity contribution < 1.29 is 4.52 Å². The van der Waals surface area contributed by atoms with E-state index >= 15 is 0 Å². The van der Waals surface area contributed by atoms with Gasteiger partial charge in [0.05, 0.1) is 0 Å². The average Bonchev–Trinajstić information content (AvgIpc) is 2.67. The van der Waals surface area contributed by atoms with Crippen molar-refractivity contribution in [3.8, 4) is 0 Å². The van der Waals surface area contributed by atoms with E-state index in [1.807, 2.05) is 20.8 Å². The van der Waals surface area contributed by atoms with E-state index in [4.69, 9.17) is 4.52 Å². The summed E-state index contributed by atoms with van der Waals surface area (Å²) in [7, 11) is 3.01. The smallest absolute Gasteiger partial charge is 0.333 e. The van der Waals surface area contributed by atoms with Crippen LogP contribution in [0.4, 0.5) is 0 Å². The molecule has 6 heteroatoms. The van der Waals surface area contributed by atoms with Crippen molar-refractivity contribution in [1.29, 1.82) is 0 Å². The molecule has 0 saturated heterocycles. The summed E-state index contributed by atoms with van der Waals surface area (Å²) in [6, 6.07) is 0. The molecule has 92 valence electrons. The highest BCUT2D eigenvalue weighted by Crippen LogP contribution is 2.25. The minimum Gasteiger partial charge on any atom is -0.337 e. The predicted octanol–water partition coefficient (Wildman–Crippen LogP) is 0.523. The maximum Gasteiger partial charge on any atom is 0.333 e. The molecule has 6 nitrogen and oxygen atoms in total. The monoisotopic (exact) mass is 237 g/mol. The fraction of sp³-hybridized carbons (Fsp3) is 0.545. The Balaban J connectivity index is 3.07. The largest absolute Gasteiger partial charge is 0.337 e. The highest BCUT2D eigenvalue weighted by molar-refractivity contribution is 5.76. The van der Waals surface area contributed by atoms with E-state index in [0.29, 0.717) is 11.1 Å². The van der Waals surface area contributed by atoms with Crippen LogP contribution in [0.5, 0.6) is 0 Å². The Kier molecular flexibility index (Phi) is 2.27. The minimum atomic E-state index is -0.417. The second-order valence-electron chi connectivity index (χ2n) is 5.17. The Labute approximate surface area is 97.5 Å². The SMILES string of the molecule is Cn1c(=O)c2c(C(C)(C)C)noc2n(C)c1=O. The van der Waals surface area contributed by atoms with Crippen LogP contribution in [0.3, 0.4) is 0 Å². The van der Waals surface area contributed by atoms with Crippen molar-refractivity contribution in [3.05, 3.63) is 26.5 Å². The highest BCUT2D eigenvalue weighted by atomic mass is 16.5. The maximum absolute atomic E-state index is 12.1. The van der Waals surface area contributed by atoms with Gasteiger partial charge in [-0.1, -0.05) is 25.9 Å². The molecule has 0 atom stereocenters. The molecule has 0 N–H and O–H groups in total. The van der Waals surface area contributed by atoms with Crippen LogP contribution in [-0.2, 0) is 19.5 Å². The van der Waals surface area contributed by atoms with Gasteiger partial charge in [0.1, 0.15) is 11.1 Å². The van der Waals surface area contributed by atoms with Crippen LogP contribution >= 0.6 is 0 Å². The lowest BCUT2D eigenvalue weighted by Crippen LogP contribution is -2.37. The summed E-state index contributed by atoms with van der Waals surface area (Å²) < 4.78 is 7.48. The molecule has 17 heavy (non-hydrogen) atoms. The van der Waals surface area contributed by atoms with Crippen LogP contribution < -0.4 is 11.2 Å². The van der Waals surface area contributed by atoms with Crippen LogP contribution in [0.2, 0.25) is 0 Å². The molecule has 2 rings (SSSR count). The van der Waals surface area contributed by atoms with Crippen molar-refractivity contribution in [2.24, 2.45) is 14.1 Å². The molecule has 0 unspecified atom stereocenters. The van der Waals surface area contributed by atoms with Crippen molar-refractivity contribution in [3.63, 3.8) is 0 Å². The van der Waals surface area contributed by atoms with Gasteiger partial charge in [0.2, 0.25) is 5.71 Å². The van der Waals surface area contributed by atoms with Gasteiger partial charge in [-0.15, -0.1) is 0 Å². The van der Waals surface area contributed by atoms with Gasteiger partial charge in [-0.3, -0.25) is 13.9 Å². The molecule has 0 aromatic carbocycles. The quantitative estimate of drug-likeness (QED) is 0.670. The highest BCUT2D eigenvalue weighted by Gasteiger charge is 2.26. The number of hydrogen-bond donors (Lipinski definition) is 0. The lowest BCUT2D eigenvalue weighted by Gasteiger charge is -2.14. The molecule has 2 aromatic heterocycles. The zero-order chi connectivity index (χ0) is 13.0. The molecular formula is C11H15N3O3. The van der Waals surface area contributed by atoms with E-state index in [2.05, 4.69) is 5.16 Å². The summed E-state index contributed by atoms with van der Waals surface area (Å²) in [5.41, 5.74) is -0.297. The first-order valence-electron chi connectivity index (χ1n) is 5.31. The van der Waals surface area contributed by atoms with Crippen LogP contribution in [-0.4, -0.2) is 14.3 Å². The average molecular weight is 237 g/mol. The lowest BCUT2D eigenvalue weighted by atomic mass is 9.91. The summed E-state index contributed by atoms with van der Waals surface area (Å²) in [5, 5.41) is 4.30. The molecule has 0 radical (unpaired) electrons. The number of rotatable bonds is 0. The molecule has 0 aliphatic rings. The molecular weight excluding hydrogens is 222 g/mol. The topological polar surface area (TPSA) is 70.0 Å². The van der Waals surface area contributed by atoms with Gasteiger partial charge in [0.25, 0.3) is 5.56 Å². The van der Waals surface area contributed by atoms with Crippen molar-refractivity contribution in [1.82, 2.24) is 14.3 Å². The molecule has 2 heterocycles. The maximum atomic E-state index is 12.1. The Bertz CT molecular complexity index is 698. The van der Waals surface area contributed by atoms with E-state index in [1.54, 1.807) is 7.05 Å². The predicted molar refractivity (Wildman–Crippen MR) is 63.2 cm³/mol. The number of hydrogen-bond acceptors (Lipinski definition) is 4. The van der Waals surface area contributed by atoms with Gasteiger partial charge in [0.15, 0.2) is 0 Å². The van der Waals surface area contributed by atoms with Gasteiger partial charge >= 0.3 is 5.69 Å². The molecule has 0 amide bonds. The second kappa shape index (κ2) is 3.32. The van der Waals surface area contributed by atoms with Gasteiger partial charge < -0.3 is 4.52 Å². The van der Waals surface area contributed by atoms with E-state index in [9.17, 15) is 9.59 Å². The fourth-order valence-corrected chi connectivity index (χ4v) is 1.78. The number of nitrogens with zero attached hydrogens (tertiary/aromatic N) is 3. The molecule has 0 aliphatic carbocycles. The van der Waals surface area contributed by atoms with Gasteiger partial charge in [-0.25, -0.2) is 4.79 Å². The van der Waals surface area contributed by atoms with Crippen LogP contribution in [0.15, 0.2) is 14.1 Å². The van der Waals surface area contributed by atoms with E-state index in [1.165, 1.54) is 11.6 Å². The van der Waals surface area contributed by atoms with Gasteiger partial charge in [-0.2, -0.15) is 0 Å². The first kappa shape index (κ1) is 11.6. The summed E-state index contributed by atoms with van der Waals surface area (Å²) in [4.78, 5) is 23.8. The van der Waals surface area contributed by atoms with E-state index < -0.39 is 5.69 Å². The number of fused-ring (bicyclic) bond motifs is 1. The standard InChI is InChI=1S/C11H15N3O3/c1-11(2,3)7-6-8(15)13(4)10(16)14(5)9(6)17-12-7/h1-5H3. The van der Waals surface area contributed by atoms with E-state index in [0.717, 1.165) is 4.57 Å². The lowest BCUT2D eigenvalue weighted by molar-refractivity contribution is 0.405. The second-order valence-corrected chi connectivity index (χ2v) is 5.17.